The first-order valence-electron chi connectivity index (χ1n) is 6.01. The Kier molecular flexibility index (Phi) is 5.47. The maximum Gasteiger partial charge on any atom is 0.404 e. The summed E-state index contributed by atoms with van der Waals surface area (Å²) >= 11 is 0. The number of nitro benzene ring substituents is 1. The number of aryl methyl sites for hydroxylation is 1. The van der Waals surface area contributed by atoms with E-state index in [9.17, 15) is 19.7 Å². The van der Waals surface area contributed by atoms with E-state index in [-0.39, 0.29) is 30.2 Å². The largest absolute Gasteiger partial charge is 0.493 e. The Labute approximate surface area is 119 Å². The number of primary amides is 1. The summed E-state index contributed by atoms with van der Waals surface area (Å²) in [5.74, 6) is -0.697. The number of amides is 2. The Morgan fingerprint density at radius 3 is 2.67 bits per heavy atom. The van der Waals surface area contributed by atoms with Gasteiger partial charge in [0, 0.05) is 18.2 Å². The molecule has 0 fully saturated rings. The average Bonchev–Trinajstić information content (AvgIpc) is 2.37. The van der Waals surface area contributed by atoms with Crippen LogP contribution in [0.5, 0.6) is 5.75 Å². The van der Waals surface area contributed by atoms with Crippen molar-refractivity contribution in [2.24, 2.45) is 5.73 Å². The van der Waals surface area contributed by atoms with Crippen LogP contribution in [0.4, 0.5) is 10.5 Å². The van der Waals surface area contributed by atoms with Gasteiger partial charge in [-0.3, -0.25) is 14.9 Å². The topological polar surface area (TPSA) is 145 Å². The van der Waals surface area contributed by atoms with Gasteiger partial charge in [-0.25, -0.2) is 4.79 Å². The number of ether oxygens (including phenoxy) is 1. The summed E-state index contributed by atoms with van der Waals surface area (Å²) in [5.41, 5.74) is 5.21. The zero-order valence-corrected chi connectivity index (χ0v) is 11.3. The van der Waals surface area contributed by atoms with E-state index in [0.29, 0.717) is 12.0 Å². The smallest absolute Gasteiger partial charge is 0.404 e. The van der Waals surface area contributed by atoms with Crippen LogP contribution in [-0.4, -0.2) is 35.2 Å². The van der Waals surface area contributed by atoms with Gasteiger partial charge in [0.15, 0.2) is 0 Å². The Bertz CT molecular complexity index is 572. The monoisotopic (exact) mass is 297 g/mol. The molecule has 114 valence electrons. The minimum absolute atomic E-state index is 0.0847. The summed E-state index contributed by atoms with van der Waals surface area (Å²) in [7, 11) is 0. The van der Waals surface area contributed by atoms with Gasteiger partial charge in [-0.05, 0) is 19.4 Å². The summed E-state index contributed by atoms with van der Waals surface area (Å²) in [5, 5.41) is 21.4. The van der Waals surface area contributed by atoms with Crippen molar-refractivity contribution < 1.29 is 24.4 Å². The zero-order chi connectivity index (χ0) is 16.0. The third kappa shape index (κ3) is 4.64. The van der Waals surface area contributed by atoms with Gasteiger partial charge < -0.3 is 20.9 Å². The number of nitrogens with two attached hydrogens (primary N) is 1. The van der Waals surface area contributed by atoms with E-state index >= 15 is 0 Å². The fourth-order valence-corrected chi connectivity index (χ4v) is 1.63. The lowest BCUT2D eigenvalue weighted by Gasteiger charge is -2.11. The lowest BCUT2D eigenvalue weighted by molar-refractivity contribution is -0.385. The standard InChI is InChI=1S/C12H15N3O6/c1-7-5-10(21-4-2-3-14-12(17)18)8(11(13)16)6-9(7)15(19)20/h5-6,14H,2-4H2,1H3,(H2,13,16)(H,17,18). The van der Waals surface area contributed by atoms with E-state index in [1.165, 1.54) is 13.0 Å². The van der Waals surface area contributed by atoms with E-state index in [2.05, 4.69) is 5.32 Å². The van der Waals surface area contributed by atoms with E-state index in [4.69, 9.17) is 15.6 Å². The SMILES string of the molecule is Cc1cc(OCCCNC(=O)O)c(C(N)=O)cc1[N+](=O)[O-]. The average molecular weight is 297 g/mol. The van der Waals surface area contributed by atoms with Crippen molar-refractivity contribution in [1.29, 1.82) is 0 Å². The molecule has 9 nitrogen and oxygen atoms in total. The number of nitrogens with one attached hydrogen (secondary N) is 1. The van der Waals surface area contributed by atoms with Gasteiger partial charge >= 0.3 is 6.09 Å². The highest BCUT2D eigenvalue weighted by molar-refractivity contribution is 5.96. The van der Waals surface area contributed by atoms with Crippen LogP contribution in [0.2, 0.25) is 0 Å². The molecule has 0 saturated heterocycles. The summed E-state index contributed by atoms with van der Waals surface area (Å²) < 4.78 is 5.34. The molecule has 0 aliphatic rings. The number of hydrogen-bond acceptors (Lipinski definition) is 5. The van der Waals surface area contributed by atoms with Gasteiger partial charge in [-0.2, -0.15) is 0 Å². The summed E-state index contributed by atoms with van der Waals surface area (Å²) in [4.78, 5) is 31.8. The third-order valence-corrected chi connectivity index (χ3v) is 2.62. The predicted molar refractivity (Wildman–Crippen MR) is 72.5 cm³/mol. The number of carboxylic acid groups (broad SMARTS) is 1. The molecule has 0 atom stereocenters. The Hall–Kier alpha value is -2.84. The van der Waals surface area contributed by atoms with Crippen molar-refractivity contribution in [3.8, 4) is 5.75 Å². The van der Waals surface area contributed by atoms with Gasteiger partial charge in [0.05, 0.1) is 17.1 Å². The Morgan fingerprint density at radius 1 is 1.48 bits per heavy atom. The van der Waals surface area contributed by atoms with E-state index in [1.54, 1.807) is 0 Å². The number of nitro groups is 1. The molecular weight excluding hydrogens is 282 g/mol. The van der Waals surface area contributed by atoms with Crippen LogP contribution in [0.1, 0.15) is 22.3 Å². The van der Waals surface area contributed by atoms with Crippen molar-refractivity contribution in [3.63, 3.8) is 0 Å². The second kappa shape index (κ2) is 7.08. The number of nitrogens with zero attached hydrogens (tertiary/aromatic N) is 1. The van der Waals surface area contributed by atoms with Gasteiger partial charge in [-0.1, -0.05) is 0 Å². The predicted octanol–water partition coefficient (Wildman–Crippen LogP) is 1.04. The van der Waals surface area contributed by atoms with Gasteiger partial charge in [-0.15, -0.1) is 0 Å². The van der Waals surface area contributed by atoms with Crippen molar-refractivity contribution in [2.45, 2.75) is 13.3 Å². The maximum atomic E-state index is 11.3. The summed E-state index contributed by atoms with van der Waals surface area (Å²) in [6.45, 7) is 1.84. The van der Waals surface area contributed by atoms with Crippen molar-refractivity contribution in [1.82, 2.24) is 5.32 Å². The highest BCUT2D eigenvalue weighted by Gasteiger charge is 2.19. The molecule has 0 aliphatic heterocycles. The van der Waals surface area contributed by atoms with Gasteiger partial charge in [0.2, 0.25) is 0 Å². The van der Waals surface area contributed by atoms with Crippen LogP contribution in [0.3, 0.4) is 0 Å². The van der Waals surface area contributed by atoms with Gasteiger partial charge in [0.1, 0.15) is 5.75 Å². The van der Waals surface area contributed by atoms with Crippen molar-refractivity contribution in [3.05, 3.63) is 33.4 Å². The van der Waals surface area contributed by atoms with E-state index in [0.717, 1.165) is 6.07 Å². The molecule has 0 heterocycles. The lowest BCUT2D eigenvalue weighted by Crippen LogP contribution is -2.23. The fourth-order valence-electron chi connectivity index (χ4n) is 1.63. The molecule has 0 saturated carbocycles. The maximum absolute atomic E-state index is 11.3. The second-order valence-corrected chi connectivity index (χ2v) is 4.19. The van der Waals surface area contributed by atoms with Crippen LogP contribution < -0.4 is 15.8 Å². The number of benzene rings is 1. The fraction of sp³-hybridized carbons (Fsp3) is 0.333. The molecule has 2 amide bonds. The molecule has 21 heavy (non-hydrogen) atoms. The Balaban J connectivity index is 2.81. The minimum Gasteiger partial charge on any atom is -0.493 e. The molecule has 0 aliphatic carbocycles. The molecule has 0 bridgehead atoms. The number of carbonyl (C=O) groups excluding carboxylic acids is 1. The molecule has 0 unspecified atom stereocenters. The minimum atomic E-state index is -1.14. The molecule has 1 rings (SSSR count). The molecule has 1 aromatic rings. The first-order chi connectivity index (χ1) is 9.82. The van der Waals surface area contributed by atoms with Gasteiger partial charge in [0.25, 0.3) is 11.6 Å². The second-order valence-electron chi connectivity index (χ2n) is 4.19. The van der Waals surface area contributed by atoms with Crippen LogP contribution in [0.15, 0.2) is 12.1 Å². The van der Waals surface area contributed by atoms with Crippen molar-refractivity contribution in [2.75, 3.05) is 13.2 Å². The van der Waals surface area contributed by atoms with Crippen LogP contribution in [0, 0.1) is 17.0 Å². The first-order valence-corrected chi connectivity index (χ1v) is 6.01. The van der Waals surface area contributed by atoms with E-state index < -0.39 is 16.9 Å². The molecule has 0 spiro atoms. The normalized spacial score (nSPS) is 9.95. The lowest BCUT2D eigenvalue weighted by atomic mass is 10.1. The number of rotatable bonds is 7. The highest BCUT2D eigenvalue weighted by Crippen LogP contribution is 2.28. The molecule has 4 N–H and O–H groups in total. The number of carbonyl (C=O) groups is 2. The first kappa shape index (κ1) is 16.2. The quantitative estimate of drug-likeness (QED) is 0.389. The summed E-state index contributed by atoms with van der Waals surface area (Å²) in [6.07, 6.45) is -0.764. The van der Waals surface area contributed by atoms with Crippen LogP contribution >= 0.6 is 0 Å². The Morgan fingerprint density at radius 2 is 2.14 bits per heavy atom. The molecular formula is C12H15N3O6. The highest BCUT2D eigenvalue weighted by atomic mass is 16.6. The van der Waals surface area contributed by atoms with Crippen LogP contribution in [-0.2, 0) is 0 Å². The molecule has 1 aromatic carbocycles. The number of hydrogen-bond donors (Lipinski definition) is 3. The third-order valence-electron chi connectivity index (χ3n) is 2.62. The van der Waals surface area contributed by atoms with Crippen LogP contribution in [0.25, 0.3) is 0 Å². The molecule has 0 aromatic heterocycles. The summed E-state index contributed by atoms with van der Waals surface area (Å²) in [6, 6.07) is 2.44. The molecule has 9 heteroatoms. The van der Waals surface area contributed by atoms with E-state index in [1.807, 2.05) is 0 Å². The zero-order valence-electron chi connectivity index (χ0n) is 11.3. The van der Waals surface area contributed by atoms with Crippen molar-refractivity contribution >= 4 is 17.7 Å². The molecule has 0 radical (unpaired) electrons.